The van der Waals surface area contributed by atoms with Gasteiger partial charge in [0.05, 0.1) is 36.5 Å². The molecule has 4 aromatic rings. The number of hydrogen-bond donors (Lipinski definition) is 1. The first-order valence-corrected chi connectivity index (χ1v) is 12.0. The Hall–Kier alpha value is -3.88. The molecule has 2 atom stereocenters. The molecule has 9 heteroatoms. The third-order valence-corrected chi connectivity index (χ3v) is 6.75. The van der Waals surface area contributed by atoms with E-state index in [2.05, 4.69) is 10.3 Å². The Balaban J connectivity index is 1.65. The highest BCUT2D eigenvalue weighted by Gasteiger charge is 2.42. The predicted octanol–water partition coefficient (Wildman–Crippen LogP) is 5.50. The lowest BCUT2D eigenvalue weighted by atomic mass is 10.0. The minimum absolute atomic E-state index is 0.239. The minimum Gasteiger partial charge on any atom is -0.495 e. The van der Waals surface area contributed by atoms with Gasteiger partial charge in [-0.2, -0.15) is 0 Å². The van der Waals surface area contributed by atoms with Crippen LogP contribution in [0.2, 0.25) is 5.02 Å². The number of nitrogens with one attached hydrogen (secondary N) is 1. The number of esters is 1. The lowest BCUT2D eigenvalue weighted by Crippen LogP contribution is -2.30. The zero-order valence-electron chi connectivity index (χ0n) is 19.6. The summed E-state index contributed by atoms with van der Waals surface area (Å²) in [6.07, 6.45) is 3.73. The Morgan fingerprint density at radius 3 is 2.61 bits per heavy atom. The molecule has 0 unspecified atom stereocenters. The Bertz CT molecular complexity index is 1430. The van der Waals surface area contributed by atoms with Gasteiger partial charge in [-0.15, -0.1) is 0 Å². The molecule has 1 aliphatic rings. The SMILES string of the molecule is COC(=O)c1cccc(-n2cccc2[C@H]2[C@H](c3ccccn3)NC(=S)N2c2ccc(OC)c(Cl)c2)c1. The minimum atomic E-state index is -0.393. The van der Waals surface area contributed by atoms with E-state index in [0.717, 1.165) is 22.8 Å². The molecule has 1 saturated heterocycles. The summed E-state index contributed by atoms with van der Waals surface area (Å²) in [5.74, 6) is 0.189. The molecule has 5 rings (SSSR count). The third kappa shape index (κ3) is 4.29. The number of hydrogen-bond acceptors (Lipinski definition) is 5. The average Bonchev–Trinajstić information content (AvgIpc) is 3.53. The van der Waals surface area contributed by atoms with Gasteiger partial charge in [-0.25, -0.2) is 4.79 Å². The van der Waals surface area contributed by atoms with Crippen molar-refractivity contribution in [3.8, 4) is 11.4 Å². The van der Waals surface area contributed by atoms with E-state index in [0.29, 0.717) is 21.4 Å². The van der Waals surface area contributed by atoms with Crippen LogP contribution in [0, 0.1) is 0 Å². The standard InChI is InChI=1S/C27H23ClN4O3S/c1-34-23-12-11-19(16-20(23)28)32-25(24(30-27(32)36)21-9-3-4-13-29-21)22-10-6-14-31(22)18-8-5-7-17(15-18)26(33)35-2/h3-16,24-25H,1-2H3,(H,30,36)/t24-,25-/m0/s1. The highest BCUT2D eigenvalue weighted by molar-refractivity contribution is 7.80. The van der Waals surface area contributed by atoms with E-state index >= 15 is 0 Å². The van der Waals surface area contributed by atoms with E-state index in [1.807, 2.05) is 76.3 Å². The fourth-order valence-corrected chi connectivity index (χ4v) is 5.11. The number of methoxy groups -OCH3 is 2. The van der Waals surface area contributed by atoms with E-state index < -0.39 is 5.97 Å². The molecule has 1 N–H and O–H groups in total. The monoisotopic (exact) mass is 518 g/mol. The maximum absolute atomic E-state index is 12.2. The van der Waals surface area contributed by atoms with Gasteiger partial charge < -0.3 is 24.3 Å². The van der Waals surface area contributed by atoms with Crippen molar-refractivity contribution in [3.05, 3.63) is 107 Å². The molecule has 2 aromatic carbocycles. The molecule has 2 aromatic heterocycles. The maximum Gasteiger partial charge on any atom is 0.337 e. The fourth-order valence-electron chi connectivity index (χ4n) is 4.51. The molecule has 36 heavy (non-hydrogen) atoms. The van der Waals surface area contributed by atoms with E-state index in [1.54, 1.807) is 25.4 Å². The average molecular weight is 519 g/mol. The van der Waals surface area contributed by atoms with Gasteiger partial charge >= 0.3 is 5.97 Å². The van der Waals surface area contributed by atoms with Crippen LogP contribution in [0.1, 0.15) is 33.8 Å². The summed E-state index contributed by atoms with van der Waals surface area (Å²) in [5.41, 5.74) is 3.91. The van der Waals surface area contributed by atoms with Crippen LogP contribution < -0.4 is 15.0 Å². The number of rotatable bonds is 6. The lowest BCUT2D eigenvalue weighted by molar-refractivity contribution is 0.0600. The number of pyridine rings is 1. The van der Waals surface area contributed by atoms with E-state index in [-0.39, 0.29) is 12.1 Å². The van der Waals surface area contributed by atoms with Crippen LogP contribution in [0.5, 0.6) is 5.75 Å². The number of aromatic nitrogens is 2. The number of nitrogens with zero attached hydrogens (tertiary/aromatic N) is 3. The predicted molar refractivity (Wildman–Crippen MR) is 143 cm³/mol. The molecule has 0 amide bonds. The molecule has 1 aliphatic heterocycles. The van der Waals surface area contributed by atoms with Crippen LogP contribution in [0.25, 0.3) is 5.69 Å². The van der Waals surface area contributed by atoms with E-state index in [4.69, 9.17) is 33.3 Å². The number of benzene rings is 2. The molecule has 7 nitrogen and oxygen atoms in total. The Kier molecular flexibility index (Phi) is 6.63. The number of ether oxygens (including phenoxy) is 2. The van der Waals surface area contributed by atoms with E-state index in [1.165, 1.54) is 7.11 Å². The molecule has 1 fully saturated rings. The summed E-state index contributed by atoms with van der Waals surface area (Å²) in [4.78, 5) is 18.8. The van der Waals surface area contributed by atoms with Crippen molar-refractivity contribution in [3.63, 3.8) is 0 Å². The summed E-state index contributed by atoms with van der Waals surface area (Å²) in [7, 11) is 2.95. The molecule has 0 saturated carbocycles. The number of thiocarbonyl (C=S) groups is 1. The molecular weight excluding hydrogens is 496 g/mol. The summed E-state index contributed by atoms with van der Waals surface area (Å²) in [5, 5.41) is 4.49. The van der Waals surface area contributed by atoms with Gasteiger partial charge in [0.25, 0.3) is 0 Å². The molecule has 0 bridgehead atoms. The zero-order valence-corrected chi connectivity index (χ0v) is 21.2. The molecule has 0 aliphatic carbocycles. The summed E-state index contributed by atoms with van der Waals surface area (Å²) < 4.78 is 12.3. The van der Waals surface area contributed by atoms with Gasteiger partial charge in [-0.3, -0.25) is 4.98 Å². The van der Waals surface area contributed by atoms with Gasteiger partial charge in [-0.1, -0.05) is 23.7 Å². The molecule has 182 valence electrons. The van der Waals surface area contributed by atoms with Gasteiger partial charge in [-0.05, 0) is 72.9 Å². The van der Waals surface area contributed by atoms with Crippen LogP contribution in [0.15, 0.2) is 85.2 Å². The second-order valence-electron chi connectivity index (χ2n) is 8.16. The smallest absolute Gasteiger partial charge is 0.337 e. The Labute approximate surface area is 219 Å². The third-order valence-electron chi connectivity index (χ3n) is 6.14. The van der Waals surface area contributed by atoms with E-state index in [9.17, 15) is 4.79 Å². The van der Waals surface area contributed by atoms with Crippen LogP contribution in [-0.2, 0) is 4.74 Å². The lowest BCUT2D eigenvalue weighted by Gasteiger charge is -2.29. The largest absolute Gasteiger partial charge is 0.495 e. The van der Waals surface area contributed by atoms with Crippen molar-refractivity contribution >= 4 is 40.6 Å². The molecule has 0 spiro atoms. The van der Waals surface area contributed by atoms with Crippen molar-refractivity contribution in [2.24, 2.45) is 0 Å². The number of carbonyl (C=O) groups is 1. The van der Waals surface area contributed by atoms with Crippen LogP contribution in [-0.4, -0.2) is 34.9 Å². The molecular formula is C27H23ClN4O3S. The highest BCUT2D eigenvalue weighted by atomic mass is 35.5. The maximum atomic E-state index is 12.2. The summed E-state index contributed by atoms with van der Waals surface area (Å²) in [6.45, 7) is 0. The van der Waals surface area contributed by atoms with Crippen LogP contribution in [0.4, 0.5) is 5.69 Å². The second kappa shape index (κ2) is 10.0. The van der Waals surface area contributed by atoms with Crippen molar-refractivity contribution in [1.29, 1.82) is 0 Å². The van der Waals surface area contributed by atoms with Gasteiger partial charge in [0, 0.05) is 29.5 Å². The number of anilines is 1. The van der Waals surface area contributed by atoms with Crippen molar-refractivity contribution < 1.29 is 14.3 Å². The van der Waals surface area contributed by atoms with Gasteiger partial charge in [0.15, 0.2) is 5.11 Å². The first kappa shape index (κ1) is 23.8. The van der Waals surface area contributed by atoms with Crippen molar-refractivity contribution in [2.45, 2.75) is 12.1 Å². The van der Waals surface area contributed by atoms with Crippen molar-refractivity contribution in [2.75, 3.05) is 19.1 Å². The normalized spacial score (nSPS) is 17.1. The summed E-state index contributed by atoms with van der Waals surface area (Å²) >= 11 is 12.3. The van der Waals surface area contributed by atoms with Gasteiger partial charge in [0.1, 0.15) is 11.8 Å². The second-order valence-corrected chi connectivity index (χ2v) is 8.95. The Morgan fingerprint density at radius 1 is 1.03 bits per heavy atom. The quantitative estimate of drug-likeness (QED) is 0.267. The van der Waals surface area contributed by atoms with Crippen molar-refractivity contribution in [1.82, 2.24) is 14.9 Å². The van der Waals surface area contributed by atoms with Crippen LogP contribution >= 0.6 is 23.8 Å². The topological polar surface area (TPSA) is 68.6 Å². The Morgan fingerprint density at radius 2 is 1.89 bits per heavy atom. The summed E-state index contributed by atoms with van der Waals surface area (Å²) in [6, 6.07) is 22.2. The zero-order chi connectivity index (χ0) is 25.2. The highest BCUT2D eigenvalue weighted by Crippen LogP contribution is 2.43. The van der Waals surface area contributed by atoms with Crippen LogP contribution in [0.3, 0.4) is 0 Å². The number of halogens is 1. The first-order valence-electron chi connectivity index (χ1n) is 11.2. The fraction of sp³-hybridized carbons (Fsp3) is 0.148. The van der Waals surface area contributed by atoms with Gasteiger partial charge in [0.2, 0.25) is 0 Å². The number of carbonyl (C=O) groups excluding carboxylic acids is 1. The first-order chi connectivity index (χ1) is 17.5. The molecule has 0 radical (unpaired) electrons. The molecule has 3 heterocycles.